The zero-order valence-corrected chi connectivity index (χ0v) is 13.8. The van der Waals surface area contributed by atoms with E-state index in [-0.39, 0.29) is 12.1 Å². The number of carbonyl (C=O) groups is 2. The van der Waals surface area contributed by atoms with Gasteiger partial charge in [-0.1, -0.05) is 6.92 Å². The Labute approximate surface area is 136 Å². The summed E-state index contributed by atoms with van der Waals surface area (Å²) in [5.74, 6) is 0.0708. The van der Waals surface area contributed by atoms with E-state index in [2.05, 4.69) is 22.5 Å². The third kappa shape index (κ3) is 2.98. The summed E-state index contributed by atoms with van der Waals surface area (Å²) in [5, 5.41) is 5.07. The lowest BCUT2D eigenvalue weighted by atomic mass is 9.89. The van der Waals surface area contributed by atoms with Crippen LogP contribution in [-0.4, -0.2) is 28.5 Å². The normalized spacial score (nSPS) is 16.9. The summed E-state index contributed by atoms with van der Waals surface area (Å²) in [7, 11) is 1.42. The average molecular weight is 334 g/mol. The number of aromatic nitrogens is 2. The maximum Gasteiger partial charge on any atom is 0.321 e. The number of amides is 3. The Balaban J connectivity index is 1.94. The zero-order chi connectivity index (χ0) is 16.6. The molecule has 0 aromatic carbocycles. The highest BCUT2D eigenvalue weighted by atomic mass is 32.1. The van der Waals surface area contributed by atoms with E-state index in [1.54, 1.807) is 11.3 Å². The van der Waals surface area contributed by atoms with Crippen molar-refractivity contribution in [3.63, 3.8) is 0 Å². The summed E-state index contributed by atoms with van der Waals surface area (Å²) in [4.78, 5) is 41.9. The predicted octanol–water partition coefficient (Wildman–Crippen LogP) is 1.04. The van der Waals surface area contributed by atoms with Gasteiger partial charge in [0, 0.05) is 11.9 Å². The molecular weight excluding hydrogens is 316 g/mol. The van der Waals surface area contributed by atoms with E-state index >= 15 is 0 Å². The highest BCUT2D eigenvalue weighted by Gasteiger charge is 2.23. The molecule has 0 saturated carbocycles. The minimum atomic E-state index is -0.598. The van der Waals surface area contributed by atoms with Gasteiger partial charge < -0.3 is 5.32 Å². The summed E-state index contributed by atoms with van der Waals surface area (Å²) in [6, 6.07) is -0.598. The molecule has 2 aromatic rings. The number of thiophene rings is 1. The van der Waals surface area contributed by atoms with E-state index in [9.17, 15) is 14.4 Å². The number of fused-ring (bicyclic) bond motifs is 3. The molecule has 0 fully saturated rings. The fourth-order valence-corrected chi connectivity index (χ4v) is 4.20. The van der Waals surface area contributed by atoms with E-state index in [0.717, 1.165) is 29.7 Å². The second-order valence-corrected chi connectivity index (χ2v) is 6.92. The molecule has 1 aliphatic rings. The summed E-state index contributed by atoms with van der Waals surface area (Å²) in [6.07, 6.45) is 4.29. The van der Waals surface area contributed by atoms with Gasteiger partial charge in [-0.15, -0.1) is 11.3 Å². The number of hydrogen-bond donors (Lipinski definition) is 2. The molecule has 2 aromatic heterocycles. The fraction of sp³-hybridized carbons (Fsp3) is 0.467. The van der Waals surface area contributed by atoms with Gasteiger partial charge in [-0.25, -0.2) is 9.78 Å². The molecular formula is C15H18N4O3S. The van der Waals surface area contributed by atoms with Crippen molar-refractivity contribution >= 4 is 33.5 Å². The van der Waals surface area contributed by atoms with Crippen LogP contribution in [0.1, 0.15) is 23.8 Å². The van der Waals surface area contributed by atoms with Crippen LogP contribution >= 0.6 is 11.3 Å². The molecule has 0 saturated heterocycles. The summed E-state index contributed by atoms with van der Waals surface area (Å²) < 4.78 is 1.26. The van der Waals surface area contributed by atoms with Crippen LogP contribution in [0.5, 0.6) is 0 Å². The Kier molecular flexibility index (Phi) is 4.16. The van der Waals surface area contributed by atoms with Gasteiger partial charge in [0.15, 0.2) is 0 Å². The molecule has 8 heteroatoms. The van der Waals surface area contributed by atoms with Crippen molar-refractivity contribution in [3.8, 4) is 0 Å². The van der Waals surface area contributed by atoms with Gasteiger partial charge >= 0.3 is 6.03 Å². The molecule has 3 rings (SSSR count). The van der Waals surface area contributed by atoms with E-state index < -0.39 is 11.9 Å². The molecule has 0 aliphatic heterocycles. The summed E-state index contributed by atoms with van der Waals surface area (Å²) in [6.45, 7) is 1.98. The van der Waals surface area contributed by atoms with Crippen LogP contribution in [-0.2, 0) is 24.2 Å². The number of hydrogen-bond acceptors (Lipinski definition) is 5. The van der Waals surface area contributed by atoms with Crippen LogP contribution in [0.15, 0.2) is 11.1 Å². The zero-order valence-electron chi connectivity index (χ0n) is 13.0. The number of nitrogens with zero attached hydrogens (tertiary/aromatic N) is 2. The van der Waals surface area contributed by atoms with Crippen molar-refractivity contribution in [2.45, 2.75) is 32.7 Å². The first-order valence-corrected chi connectivity index (χ1v) is 8.32. The predicted molar refractivity (Wildman–Crippen MR) is 87.7 cm³/mol. The number of aryl methyl sites for hydroxylation is 1. The minimum Gasteiger partial charge on any atom is -0.341 e. The maximum absolute atomic E-state index is 12.7. The first-order valence-electron chi connectivity index (χ1n) is 7.50. The van der Waals surface area contributed by atoms with E-state index in [1.807, 2.05) is 0 Å². The molecule has 2 heterocycles. The molecule has 2 N–H and O–H groups in total. The van der Waals surface area contributed by atoms with Gasteiger partial charge in [-0.3, -0.25) is 19.5 Å². The number of carbonyl (C=O) groups excluding carboxylic acids is 2. The third-order valence-corrected chi connectivity index (χ3v) is 5.24. The minimum absolute atomic E-state index is 0.214. The highest BCUT2D eigenvalue weighted by molar-refractivity contribution is 7.18. The molecule has 1 atom stereocenters. The molecule has 0 radical (unpaired) electrons. The maximum atomic E-state index is 12.7. The van der Waals surface area contributed by atoms with Crippen LogP contribution in [0.3, 0.4) is 0 Å². The molecule has 23 heavy (non-hydrogen) atoms. The molecule has 0 bridgehead atoms. The molecule has 3 amide bonds. The molecule has 122 valence electrons. The second kappa shape index (κ2) is 6.11. The van der Waals surface area contributed by atoms with E-state index in [4.69, 9.17) is 0 Å². The van der Waals surface area contributed by atoms with Gasteiger partial charge in [0.05, 0.1) is 11.7 Å². The van der Waals surface area contributed by atoms with Crippen molar-refractivity contribution in [2.75, 3.05) is 7.05 Å². The lowest BCUT2D eigenvalue weighted by molar-refractivity contribution is -0.120. The Morgan fingerprint density at radius 1 is 1.48 bits per heavy atom. The number of urea groups is 1. The number of nitrogens with one attached hydrogen (secondary N) is 2. The van der Waals surface area contributed by atoms with Gasteiger partial charge in [0.1, 0.15) is 11.4 Å². The number of imide groups is 1. The first-order chi connectivity index (χ1) is 11.0. The van der Waals surface area contributed by atoms with Crippen LogP contribution in [0, 0.1) is 5.92 Å². The van der Waals surface area contributed by atoms with Crippen molar-refractivity contribution in [2.24, 2.45) is 5.92 Å². The molecule has 7 nitrogen and oxygen atoms in total. The van der Waals surface area contributed by atoms with Crippen LogP contribution in [0.4, 0.5) is 4.79 Å². The van der Waals surface area contributed by atoms with Crippen LogP contribution < -0.4 is 16.2 Å². The van der Waals surface area contributed by atoms with Crippen molar-refractivity contribution in [1.82, 2.24) is 20.2 Å². The molecule has 0 spiro atoms. The van der Waals surface area contributed by atoms with Crippen LogP contribution in [0.25, 0.3) is 10.2 Å². The summed E-state index contributed by atoms with van der Waals surface area (Å²) >= 11 is 1.57. The lowest BCUT2D eigenvalue weighted by Gasteiger charge is -2.17. The topological polar surface area (TPSA) is 93.1 Å². The lowest BCUT2D eigenvalue weighted by Crippen LogP contribution is -2.40. The van der Waals surface area contributed by atoms with Gasteiger partial charge in [-0.2, -0.15) is 0 Å². The van der Waals surface area contributed by atoms with E-state index in [1.165, 1.54) is 22.8 Å². The Hall–Kier alpha value is -2.22. The average Bonchev–Trinajstić information content (AvgIpc) is 2.88. The third-order valence-electron chi connectivity index (χ3n) is 4.08. The van der Waals surface area contributed by atoms with Gasteiger partial charge in [0.25, 0.3) is 5.56 Å². The molecule has 0 unspecified atom stereocenters. The largest absolute Gasteiger partial charge is 0.341 e. The van der Waals surface area contributed by atoms with Gasteiger partial charge in [-0.05, 0) is 30.7 Å². The highest BCUT2D eigenvalue weighted by Crippen LogP contribution is 2.35. The van der Waals surface area contributed by atoms with Gasteiger partial charge in [0.2, 0.25) is 5.91 Å². The summed E-state index contributed by atoms with van der Waals surface area (Å²) in [5.41, 5.74) is 0.871. The Morgan fingerprint density at radius 3 is 3.00 bits per heavy atom. The smallest absolute Gasteiger partial charge is 0.321 e. The number of rotatable bonds is 2. The quantitative estimate of drug-likeness (QED) is 0.858. The fourth-order valence-electron chi connectivity index (χ4n) is 2.86. The van der Waals surface area contributed by atoms with E-state index in [0.29, 0.717) is 11.3 Å². The SMILES string of the molecule is CNC(=O)NC(=O)Cn1cnc2sc3c(c2c1=O)CC[C@H](C)C3. The Morgan fingerprint density at radius 2 is 2.26 bits per heavy atom. The second-order valence-electron chi connectivity index (χ2n) is 5.84. The standard InChI is InChI=1S/C15H18N4O3S/c1-8-3-4-9-10(5-8)23-13-12(9)14(21)19(7-17-13)6-11(20)18-15(22)16-2/h7-8H,3-6H2,1-2H3,(H2,16,18,20,22)/t8-/m0/s1. The first kappa shape index (κ1) is 15.7. The monoisotopic (exact) mass is 334 g/mol. The van der Waals surface area contributed by atoms with Crippen molar-refractivity contribution in [3.05, 3.63) is 27.1 Å². The Bertz CT molecular complexity index is 839. The van der Waals surface area contributed by atoms with Crippen molar-refractivity contribution < 1.29 is 9.59 Å². The van der Waals surface area contributed by atoms with Crippen LogP contribution in [0.2, 0.25) is 0 Å². The molecule has 1 aliphatic carbocycles. The van der Waals surface area contributed by atoms with Crippen molar-refractivity contribution in [1.29, 1.82) is 0 Å².